The summed E-state index contributed by atoms with van der Waals surface area (Å²) in [6.07, 6.45) is 2.14. The molecule has 0 saturated carbocycles. The van der Waals surface area contributed by atoms with Crippen LogP contribution in [0.4, 0.5) is 0 Å². The number of carboxylic acids is 1. The highest BCUT2D eigenvalue weighted by Crippen LogP contribution is 2.34. The van der Waals surface area contributed by atoms with Gasteiger partial charge in [-0.25, -0.2) is 4.79 Å². The molecule has 1 saturated heterocycles. The Morgan fingerprint density at radius 2 is 1.72 bits per heavy atom. The van der Waals surface area contributed by atoms with Crippen molar-refractivity contribution in [1.82, 2.24) is 4.90 Å². The van der Waals surface area contributed by atoms with E-state index in [1.807, 2.05) is 17.0 Å². The number of hydrogen-bond acceptors (Lipinski definition) is 2. The van der Waals surface area contributed by atoms with Gasteiger partial charge in [0.15, 0.2) is 0 Å². The predicted octanol–water partition coefficient (Wildman–Crippen LogP) is 3.51. The number of nitrogens with zero attached hydrogens (tertiary/aromatic N) is 1. The van der Waals surface area contributed by atoms with Crippen molar-refractivity contribution in [1.29, 1.82) is 0 Å². The van der Waals surface area contributed by atoms with E-state index < -0.39 is 5.97 Å². The second-order valence-corrected chi connectivity index (χ2v) is 6.99. The molecule has 2 aromatic carbocycles. The number of carboxylic acid groups (broad SMARTS) is 1. The molecule has 0 unspecified atom stereocenters. The Hall–Kier alpha value is -2.62. The van der Waals surface area contributed by atoms with Gasteiger partial charge in [-0.3, -0.25) is 4.79 Å². The Morgan fingerprint density at radius 3 is 2.36 bits per heavy atom. The number of amides is 1. The quantitative estimate of drug-likeness (QED) is 0.929. The van der Waals surface area contributed by atoms with Gasteiger partial charge in [-0.15, -0.1) is 0 Å². The Morgan fingerprint density at radius 1 is 1.04 bits per heavy atom. The fourth-order valence-electron chi connectivity index (χ4n) is 3.48. The highest BCUT2D eigenvalue weighted by atomic mass is 16.4. The number of carbonyl (C=O) groups is 2. The van der Waals surface area contributed by atoms with Gasteiger partial charge in [-0.1, -0.05) is 49.4 Å². The van der Waals surface area contributed by atoms with Crippen LogP contribution in [0, 0.1) is 0 Å². The lowest BCUT2D eigenvalue weighted by Gasteiger charge is -2.40. The largest absolute Gasteiger partial charge is 0.478 e. The van der Waals surface area contributed by atoms with Crippen molar-refractivity contribution in [2.75, 3.05) is 13.1 Å². The van der Waals surface area contributed by atoms with Crippen molar-refractivity contribution in [2.24, 2.45) is 0 Å². The summed E-state index contributed by atoms with van der Waals surface area (Å²) in [5, 5.41) is 9.06. The number of likely N-dealkylation sites (tertiary alicyclic amines) is 1. The number of hydrogen-bond donors (Lipinski definition) is 1. The molecule has 1 aliphatic rings. The minimum Gasteiger partial charge on any atom is -0.478 e. The van der Waals surface area contributed by atoms with Crippen LogP contribution in [-0.4, -0.2) is 35.0 Å². The lowest BCUT2D eigenvalue weighted by Crippen LogP contribution is -2.44. The molecule has 1 fully saturated rings. The van der Waals surface area contributed by atoms with Gasteiger partial charge in [0.05, 0.1) is 12.0 Å². The molecule has 4 heteroatoms. The summed E-state index contributed by atoms with van der Waals surface area (Å²) < 4.78 is 0. The Balaban J connectivity index is 1.62. The zero-order valence-electron chi connectivity index (χ0n) is 14.4. The van der Waals surface area contributed by atoms with E-state index in [0.717, 1.165) is 31.5 Å². The molecule has 0 bridgehead atoms. The molecule has 1 N–H and O–H groups in total. The molecular formula is C21H23NO3. The standard InChI is InChI=1S/C21H23NO3/c1-21(18-8-3-2-4-9-18)10-12-22(13-11-21)19(23)15-16-6-5-7-17(14-16)20(24)25/h2-9,14H,10-13,15H2,1H3,(H,24,25). The fourth-order valence-corrected chi connectivity index (χ4v) is 3.48. The van der Waals surface area contributed by atoms with E-state index in [-0.39, 0.29) is 23.3 Å². The summed E-state index contributed by atoms with van der Waals surface area (Å²) in [5.41, 5.74) is 2.42. The van der Waals surface area contributed by atoms with E-state index in [0.29, 0.717) is 0 Å². The van der Waals surface area contributed by atoms with Gasteiger partial charge in [0, 0.05) is 13.1 Å². The molecule has 1 aliphatic heterocycles. The van der Waals surface area contributed by atoms with Gasteiger partial charge < -0.3 is 10.0 Å². The number of aromatic carboxylic acids is 1. The maximum atomic E-state index is 12.6. The molecule has 25 heavy (non-hydrogen) atoms. The average molecular weight is 337 g/mol. The van der Waals surface area contributed by atoms with Crippen LogP contribution < -0.4 is 0 Å². The van der Waals surface area contributed by atoms with E-state index >= 15 is 0 Å². The molecule has 0 atom stereocenters. The smallest absolute Gasteiger partial charge is 0.335 e. The molecule has 1 amide bonds. The topological polar surface area (TPSA) is 57.6 Å². The number of piperidine rings is 1. The summed E-state index contributed by atoms with van der Waals surface area (Å²) in [6.45, 7) is 3.74. The molecule has 130 valence electrons. The molecule has 3 rings (SSSR count). The van der Waals surface area contributed by atoms with Crippen LogP contribution in [0.1, 0.15) is 41.3 Å². The van der Waals surface area contributed by atoms with E-state index in [2.05, 4.69) is 31.2 Å². The van der Waals surface area contributed by atoms with Gasteiger partial charge in [-0.05, 0) is 41.5 Å². The van der Waals surface area contributed by atoms with E-state index in [4.69, 9.17) is 5.11 Å². The van der Waals surface area contributed by atoms with E-state index in [1.54, 1.807) is 18.2 Å². The first-order valence-electron chi connectivity index (χ1n) is 8.63. The zero-order valence-corrected chi connectivity index (χ0v) is 14.4. The Labute approximate surface area is 148 Å². The number of benzene rings is 2. The van der Waals surface area contributed by atoms with Crippen molar-refractivity contribution in [2.45, 2.75) is 31.6 Å². The van der Waals surface area contributed by atoms with Crippen LogP contribution in [0.15, 0.2) is 54.6 Å². The lowest BCUT2D eigenvalue weighted by atomic mass is 9.74. The van der Waals surface area contributed by atoms with Gasteiger partial charge >= 0.3 is 5.97 Å². The highest BCUT2D eigenvalue weighted by molar-refractivity contribution is 5.88. The first-order chi connectivity index (χ1) is 12.0. The molecule has 1 heterocycles. The molecule has 4 nitrogen and oxygen atoms in total. The van der Waals surface area contributed by atoms with Crippen molar-refractivity contribution in [3.63, 3.8) is 0 Å². The van der Waals surface area contributed by atoms with Crippen molar-refractivity contribution < 1.29 is 14.7 Å². The fraction of sp³-hybridized carbons (Fsp3) is 0.333. The first-order valence-corrected chi connectivity index (χ1v) is 8.63. The molecule has 0 aromatic heterocycles. The summed E-state index contributed by atoms with van der Waals surface area (Å²) >= 11 is 0. The summed E-state index contributed by atoms with van der Waals surface area (Å²) in [6, 6.07) is 17.1. The zero-order chi connectivity index (χ0) is 17.9. The van der Waals surface area contributed by atoms with Crippen LogP contribution in [-0.2, 0) is 16.6 Å². The van der Waals surface area contributed by atoms with E-state index in [9.17, 15) is 9.59 Å². The monoisotopic (exact) mass is 337 g/mol. The number of carbonyl (C=O) groups excluding carboxylic acids is 1. The van der Waals surface area contributed by atoms with Crippen molar-refractivity contribution >= 4 is 11.9 Å². The number of rotatable bonds is 4. The van der Waals surface area contributed by atoms with E-state index in [1.165, 1.54) is 5.56 Å². The van der Waals surface area contributed by atoms with Crippen LogP contribution in [0.3, 0.4) is 0 Å². The highest BCUT2D eigenvalue weighted by Gasteiger charge is 2.33. The Bertz CT molecular complexity index is 762. The second kappa shape index (κ2) is 7.09. The third kappa shape index (κ3) is 3.90. The van der Waals surface area contributed by atoms with Crippen LogP contribution >= 0.6 is 0 Å². The normalized spacial score (nSPS) is 16.4. The molecule has 0 aliphatic carbocycles. The first kappa shape index (κ1) is 17.2. The van der Waals surface area contributed by atoms with Crippen LogP contribution in [0.2, 0.25) is 0 Å². The van der Waals surface area contributed by atoms with Gasteiger partial charge in [0.25, 0.3) is 0 Å². The van der Waals surface area contributed by atoms with Gasteiger partial charge in [0.2, 0.25) is 5.91 Å². The molecule has 0 spiro atoms. The SMILES string of the molecule is CC1(c2ccccc2)CCN(C(=O)Cc2cccc(C(=O)O)c2)CC1. The minimum atomic E-state index is -0.967. The molecular weight excluding hydrogens is 314 g/mol. The van der Waals surface area contributed by atoms with Crippen molar-refractivity contribution in [3.8, 4) is 0 Å². The maximum absolute atomic E-state index is 12.6. The van der Waals surface area contributed by atoms with Gasteiger partial charge in [-0.2, -0.15) is 0 Å². The predicted molar refractivity (Wildman–Crippen MR) is 96.7 cm³/mol. The summed E-state index contributed by atoms with van der Waals surface area (Å²) in [4.78, 5) is 25.5. The average Bonchev–Trinajstić information content (AvgIpc) is 2.63. The van der Waals surface area contributed by atoms with Crippen molar-refractivity contribution in [3.05, 3.63) is 71.3 Å². The molecule has 0 radical (unpaired) electrons. The molecule has 2 aromatic rings. The Kier molecular flexibility index (Phi) is 4.88. The summed E-state index contributed by atoms with van der Waals surface area (Å²) in [7, 11) is 0. The second-order valence-electron chi connectivity index (χ2n) is 6.99. The summed E-state index contributed by atoms with van der Waals surface area (Å²) in [5.74, 6) is -0.899. The minimum absolute atomic E-state index is 0.0673. The van der Waals surface area contributed by atoms with Crippen LogP contribution in [0.25, 0.3) is 0 Å². The maximum Gasteiger partial charge on any atom is 0.335 e. The van der Waals surface area contributed by atoms with Crippen LogP contribution in [0.5, 0.6) is 0 Å². The third-order valence-corrected chi connectivity index (χ3v) is 5.22. The third-order valence-electron chi connectivity index (χ3n) is 5.22. The lowest BCUT2D eigenvalue weighted by molar-refractivity contribution is -0.132. The van der Waals surface area contributed by atoms with Gasteiger partial charge in [0.1, 0.15) is 0 Å².